The highest BCUT2D eigenvalue weighted by Crippen LogP contribution is 2.25. The van der Waals surface area contributed by atoms with E-state index in [2.05, 4.69) is 10.3 Å². The van der Waals surface area contributed by atoms with Crippen LogP contribution in [0.15, 0.2) is 30.5 Å². The number of aromatic nitrogens is 1. The molecule has 0 atom stereocenters. The van der Waals surface area contributed by atoms with Gasteiger partial charge >= 0.3 is 5.00 Å². The average Bonchev–Trinajstić information content (AvgIpc) is 2.77. The highest BCUT2D eigenvalue weighted by molar-refractivity contribution is 7.18. The molecule has 92 valence electrons. The maximum absolute atomic E-state index is 11.7. The molecule has 2 aromatic rings. The van der Waals surface area contributed by atoms with E-state index in [1.54, 1.807) is 0 Å². The van der Waals surface area contributed by atoms with E-state index in [-0.39, 0.29) is 21.4 Å². The molecular weight excluding hydrogens is 258 g/mol. The van der Waals surface area contributed by atoms with Crippen LogP contribution in [0.25, 0.3) is 0 Å². The molecule has 0 unspecified atom stereocenters. The molecule has 0 aliphatic rings. The third-order valence-corrected chi connectivity index (χ3v) is 2.87. The number of carbonyl (C=O) groups is 1. The largest absolute Gasteiger partial charge is 0.508 e. The third-order valence-electron chi connectivity index (χ3n) is 2.00. The summed E-state index contributed by atoms with van der Waals surface area (Å²) in [4.78, 5) is 25.3. The molecule has 1 amide bonds. The summed E-state index contributed by atoms with van der Waals surface area (Å²) in [5.74, 6) is -0.525. The Morgan fingerprint density at radius 1 is 1.50 bits per heavy atom. The number of aromatic hydroxyl groups is 1. The maximum Gasteiger partial charge on any atom is 0.345 e. The molecule has 2 N–H and O–H groups in total. The minimum absolute atomic E-state index is 0.0345. The van der Waals surface area contributed by atoms with Crippen molar-refractivity contribution in [2.75, 3.05) is 5.32 Å². The second-order valence-corrected chi connectivity index (χ2v) is 4.27. The fraction of sp³-hybridized carbons (Fsp3) is 0. The number of nitrogens with one attached hydrogen (secondary N) is 1. The summed E-state index contributed by atoms with van der Waals surface area (Å²) in [5.41, 5.74) is 0.243. The number of amides is 1. The lowest BCUT2D eigenvalue weighted by atomic mass is 10.2. The lowest BCUT2D eigenvalue weighted by molar-refractivity contribution is -0.380. The van der Waals surface area contributed by atoms with Crippen molar-refractivity contribution in [1.29, 1.82) is 0 Å². The van der Waals surface area contributed by atoms with Crippen molar-refractivity contribution < 1.29 is 14.8 Å². The quantitative estimate of drug-likeness (QED) is 0.652. The Morgan fingerprint density at radius 2 is 2.28 bits per heavy atom. The molecule has 0 saturated heterocycles. The Hall–Kier alpha value is -2.48. The highest BCUT2D eigenvalue weighted by Gasteiger charge is 2.14. The number of hydrogen-bond donors (Lipinski definition) is 2. The van der Waals surface area contributed by atoms with Gasteiger partial charge in [-0.1, -0.05) is 6.07 Å². The number of phenolic OH excluding ortho intramolecular Hbond substituents is 1. The number of nitro groups is 1. The molecule has 7 nitrogen and oxygen atoms in total. The van der Waals surface area contributed by atoms with Crippen molar-refractivity contribution in [2.24, 2.45) is 0 Å². The molecule has 0 fully saturated rings. The molecule has 1 heterocycles. The number of hydrogen-bond acceptors (Lipinski definition) is 6. The maximum atomic E-state index is 11.7. The summed E-state index contributed by atoms with van der Waals surface area (Å²) in [6.45, 7) is 0. The number of benzene rings is 1. The van der Waals surface area contributed by atoms with Crippen molar-refractivity contribution in [3.8, 4) is 5.75 Å². The second kappa shape index (κ2) is 4.80. The van der Waals surface area contributed by atoms with Crippen molar-refractivity contribution in [3.63, 3.8) is 0 Å². The number of nitrogens with zero attached hydrogens (tertiary/aromatic N) is 2. The van der Waals surface area contributed by atoms with Gasteiger partial charge in [-0.2, -0.15) is 0 Å². The fourth-order valence-corrected chi connectivity index (χ4v) is 1.85. The van der Waals surface area contributed by atoms with E-state index in [1.807, 2.05) is 0 Å². The van der Waals surface area contributed by atoms with Gasteiger partial charge < -0.3 is 5.11 Å². The van der Waals surface area contributed by atoms with Crippen LogP contribution in [-0.4, -0.2) is 20.9 Å². The van der Waals surface area contributed by atoms with Crippen LogP contribution in [0.3, 0.4) is 0 Å². The van der Waals surface area contributed by atoms with Gasteiger partial charge in [0.25, 0.3) is 5.91 Å². The number of rotatable bonds is 3. The van der Waals surface area contributed by atoms with Crippen LogP contribution in [-0.2, 0) is 0 Å². The molecule has 0 aliphatic carbocycles. The molecule has 18 heavy (non-hydrogen) atoms. The number of thiazole rings is 1. The monoisotopic (exact) mass is 265 g/mol. The van der Waals surface area contributed by atoms with Crippen LogP contribution in [0, 0.1) is 10.1 Å². The first-order valence-electron chi connectivity index (χ1n) is 4.77. The van der Waals surface area contributed by atoms with E-state index >= 15 is 0 Å². The van der Waals surface area contributed by atoms with E-state index < -0.39 is 10.8 Å². The SMILES string of the molecule is O=C(Nc1ncc([N+](=O)[O-])s1)c1cccc(O)c1. The van der Waals surface area contributed by atoms with Crippen molar-refractivity contribution in [3.05, 3.63) is 46.1 Å². The fourth-order valence-electron chi connectivity index (χ4n) is 1.22. The first-order valence-corrected chi connectivity index (χ1v) is 5.58. The van der Waals surface area contributed by atoms with E-state index in [9.17, 15) is 20.0 Å². The van der Waals surface area contributed by atoms with Gasteiger partial charge in [0.15, 0.2) is 5.13 Å². The molecule has 2 rings (SSSR count). The Kier molecular flexibility index (Phi) is 3.20. The summed E-state index contributed by atoms with van der Waals surface area (Å²) in [6, 6.07) is 5.76. The van der Waals surface area contributed by atoms with E-state index in [0.717, 1.165) is 17.5 Å². The van der Waals surface area contributed by atoms with Gasteiger partial charge in [-0.05, 0) is 29.5 Å². The molecule has 0 bridgehead atoms. The lowest BCUT2D eigenvalue weighted by Gasteiger charge is -2.01. The summed E-state index contributed by atoms with van der Waals surface area (Å²) < 4.78 is 0. The van der Waals surface area contributed by atoms with E-state index in [0.29, 0.717) is 0 Å². The number of carbonyl (C=O) groups excluding carboxylic acids is 1. The molecule has 1 aromatic carbocycles. The molecule has 0 aliphatic heterocycles. The summed E-state index contributed by atoms with van der Waals surface area (Å²) in [5, 5.41) is 22.1. The van der Waals surface area contributed by atoms with Gasteiger partial charge in [0.05, 0.1) is 4.92 Å². The van der Waals surface area contributed by atoms with Crippen molar-refractivity contribution in [2.45, 2.75) is 0 Å². The standard InChI is InChI=1S/C10H7N3O4S/c14-7-3-1-2-6(4-7)9(15)12-10-11-5-8(18-10)13(16)17/h1-5,14H,(H,11,12,15). The minimum Gasteiger partial charge on any atom is -0.508 e. The third kappa shape index (κ3) is 2.61. The molecular formula is C10H7N3O4S. The normalized spacial score (nSPS) is 10.0. The predicted molar refractivity (Wildman–Crippen MR) is 64.8 cm³/mol. The van der Waals surface area contributed by atoms with Crippen LogP contribution in [0.1, 0.15) is 10.4 Å². The van der Waals surface area contributed by atoms with Crippen LogP contribution in [0.5, 0.6) is 5.75 Å². The summed E-state index contributed by atoms with van der Waals surface area (Å²) in [6.07, 6.45) is 1.07. The average molecular weight is 265 g/mol. The van der Waals surface area contributed by atoms with Gasteiger partial charge in [-0.3, -0.25) is 20.2 Å². The molecule has 0 saturated carbocycles. The molecule has 8 heteroatoms. The summed E-state index contributed by atoms with van der Waals surface area (Å²) in [7, 11) is 0. The van der Waals surface area contributed by atoms with Gasteiger partial charge in [0.2, 0.25) is 0 Å². The van der Waals surface area contributed by atoms with Gasteiger partial charge in [0, 0.05) is 5.56 Å². The van der Waals surface area contributed by atoms with Crippen molar-refractivity contribution >= 4 is 27.4 Å². The topological polar surface area (TPSA) is 105 Å². The van der Waals surface area contributed by atoms with Crippen LogP contribution >= 0.6 is 11.3 Å². The predicted octanol–water partition coefficient (Wildman–Crippen LogP) is 2.01. The summed E-state index contributed by atoms with van der Waals surface area (Å²) >= 11 is 0.764. The van der Waals surface area contributed by atoms with Gasteiger partial charge in [-0.25, -0.2) is 4.98 Å². The van der Waals surface area contributed by atoms with Crippen molar-refractivity contribution in [1.82, 2.24) is 4.98 Å². The Bertz CT molecular complexity index is 611. The Morgan fingerprint density at radius 3 is 2.89 bits per heavy atom. The lowest BCUT2D eigenvalue weighted by Crippen LogP contribution is -2.11. The van der Waals surface area contributed by atoms with Crippen LogP contribution in [0.4, 0.5) is 10.1 Å². The van der Waals surface area contributed by atoms with Crippen LogP contribution in [0.2, 0.25) is 0 Å². The Balaban J connectivity index is 2.13. The zero-order chi connectivity index (χ0) is 13.1. The van der Waals surface area contributed by atoms with E-state index in [1.165, 1.54) is 24.3 Å². The number of phenols is 1. The van der Waals surface area contributed by atoms with Gasteiger partial charge in [-0.15, -0.1) is 0 Å². The van der Waals surface area contributed by atoms with Crippen LogP contribution < -0.4 is 5.32 Å². The Labute approximate surface area is 105 Å². The zero-order valence-corrected chi connectivity index (χ0v) is 9.68. The van der Waals surface area contributed by atoms with E-state index in [4.69, 9.17) is 0 Å². The second-order valence-electron chi connectivity index (χ2n) is 3.27. The zero-order valence-electron chi connectivity index (χ0n) is 8.86. The smallest absolute Gasteiger partial charge is 0.345 e. The van der Waals surface area contributed by atoms with Gasteiger partial charge in [0.1, 0.15) is 11.9 Å². The first kappa shape index (κ1) is 12.0. The molecule has 0 radical (unpaired) electrons. The molecule has 1 aromatic heterocycles. The highest BCUT2D eigenvalue weighted by atomic mass is 32.1. The first-order chi connectivity index (χ1) is 8.56. The number of anilines is 1. The molecule has 0 spiro atoms. The minimum atomic E-state index is -0.582.